The first kappa shape index (κ1) is 30.3. The van der Waals surface area contributed by atoms with Crippen molar-refractivity contribution in [1.82, 2.24) is 9.55 Å². The van der Waals surface area contributed by atoms with Gasteiger partial charge in [0.1, 0.15) is 30.7 Å². The van der Waals surface area contributed by atoms with E-state index >= 15 is 0 Å². The Labute approximate surface area is 244 Å². The van der Waals surface area contributed by atoms with E-state index in [1.54, 1.807) is 30.3 Å². The molecule has 6 rings (SSSR count). The number of rotatable bonds is 11. The topological polar surface area (TPSA) is 141 Å². The first-order valence-corrected chi connectivity index (χ1v) is 16.2. The molecule has 3 aliphatic carbocycles. The molecule has 2 heterocycles. The summed E-state index contributed by atoms with van der Waals surface area (Å²) in [6.45, 7) is 4.57. The number of hydrogen-bond donors (Lipinski definition) is 3. The molecule has 3 N–H and O–H groups in total. The molecule has 2 fully saturated rings. The lowest BCUT2D eigenvalue weighted by atomic mass is 9.48. The van der Waals surface area contributed by atoms with Crippen LogP contribution in [0, 0.1) is 17.3 Å². The van der Waals surface area contributed by atoms with Crippen molar-refractivity contribution in [1.29, 1.82) is 0 Å². The Hall–Kier alpha value is -2.15. The van der Waals surface area contributed by atoms with Crippen molar-refractivity contribution in [3.05, 3.63) is 70.3 Å². The summed E-state index contributed by atoms with van der Waals surface area (Å²) >= 11 is 5.19. The first-order chi connectivity index (χ1) is 19.5. The maximum atomic E-state index is 12.8. The molecule has 1 amide bonds. The van der Waals surface area contributed by atoms with Crippen LogP contribution in [-0.2, 0) is 30.8 Å². The normalized spacial score (nSPS) is 29.8. The van der Waals surface area contributed by atoms with E-state index in [0.717, 1.165) is 16.9 Å². The first-order valence-electron chi connectivity index (χ1n) is 13.6. The third kappa shape index (κ3) is 6.45. The van der Waals surface area contributed by atoms with Gasteiger partial charge in [-0.1, -0.05) is 43.7 Å². The molecule has 1 saturated heterocycles. The van der Waals surface area contributed by atoms with Gasteiger partial charge in [-0.3, -0.25) is 9.36 Å². The second-order valence-corrected chi connectivity index (χ2v) is 14.1. The summed E-state index contributed by atoms with van der Waals surface area (Å²) < 4.78 is 23.6. The Kier molecular flexibility index (Phi) is 9.04. The molecule has 2 aromatic rings. The highest BCUT2D eigenvalue weighted by Crippen LogP contribution is 2.60. The minimum absolute atomic E-state index is 0.0651. The maximum absolute atomic E-state index is 12.8. The molecule has 2 bridgehead atoms. The maximum Gasteiger partial charge on any atom is 0.351 e. The SMILES string of the molecule is CO[C@@H]1[C@H](O)[C@@H](CO[P+](O)([S-])OCCC2=CC[C@H]3C[C@@H]2C3(C)C)O[C@H]1n1ccc(NC(=O)c2ccccc2)nc1=O. The summed E-state index contributed by atoms with van der Waals surface area (Å²) in [6.07, 6.45) is 2.52. The second-order valence-electron chi connectivity index (χ2n) is 11.2. The molecule has 0 radical (unpaired) electrons. The molecule has 222 valence electrons. The number of nitrogens with zero attached hydrogens (tertiary/aromatic N) is 2. The van der Waals surface area contributed by atoms with Crippen LogP contribution in [0.25, 0.3) is 0 Å². The standard InChI is InChI=1S/C28H36N3O8PS/c1-28(2)19-10-9-17(20(28)15-19)12-14-37-40(35,41)38-16-21-23(32)24(36-3)26(39-21)31-13-11-22(30-27(31)34)29-25(33)18-7-5-4-6-8-18/h4-9,11,13,19-21,23-24,26,32H,10,12,14-16H2,1-3H3,(H,35,41)(H,29,30,33,34)/t19-,20-,21+,23+,24+,26+,40?/m0/s1. The summed E-state index contributed by atoms with van der Waals surface area (Å²) in [5.41, 5.74) is 1.35. The number of amides is 1. The number of aromatic nitrogens is 2. The van der Waals surface area contributed by atoms with Crippen molar-refractivity contribution in [2.75, 3.05) is 25.6 Å². The average molecular weight is 606 g/mol. The van der Waals surface area contributed by atoms with Gasteiger partial charge in [0.15, 0.2) is 6.23 Å². The number of carbonyl (C=O) groups excluding carboxylic acids is 1. The largest absolute Gasteiger partial charge is 0.459 e. The number of carbonyl (C=O) groups is 1. The molecule has 1 aromatic carbocycles. The predicted molar refractivity (Wildman–Crippen MR) is 155 cm³/mol. The van der Waals surface area contributed by atoms with Crippen LogP contribution < -0.4 is 11.0 Å². The fourth-order valence-corrected chi connectivity index (χ4v) is 7.17. The zero-order chi connectivity index (χ0) is 29.4. The van der Waals surface area contributed by atoms with Crippen molar-refractivity contribution in [3.8, 4) is 0 Å². The van der Waals surface area contributed by atoms with Gasteiger partial charge in [-0.25, -0.2) is 9.69 Å². The quantitative estimate of drug-likeness (QED) is 0.198. The van der Waals surface area contributed by atoms with Gasteiger partial charge in [-0.15, -0.1) is 0 Å². The summed E-state index contributed by atoms with van der Waals surface area (Å²) in [7, 11) is -2.22. The van der Waals surface area contributed by atoms with Crippen LogP contribution in [-0.4, -0.2) is 64.1 Å². The highest BCUT2D eigenvalue weighted by atomic mass is 32.7. The molecule has 4 aliphatic rings. The average Bonchev–Trinajstić information content (AvgIpc) is 3.27. The molecule has 0 spiro atoms. The Balaban J connectivity index is 1.15. The minimum atomic E-state index is -3.60. The van der Waals surface area contributed by atoms with Gasteiger partial charge >= 0.3 is 5.69 Å². The van der Waals surface area contributed by atoms with Crippen LogP contribution >= 0.6 is 7.15 Å². The van der Waals surface area contributed by atoms with Crippen LogP contribution in [0.2, 0.25) is 0 Å². The fourth-order valence-electron chi connectivity index (χ4n) is 6.03. The molecule has 1 aliphatic heterocycles. The molecule has 7 atom stereocenters. The van der Waals surface area contributed by atoms with Crippen molar-refractivity contribution in [3.63, 3.8) is 0 Å². The van der Waals surface area contributed by atoms with Crippen molar-refractivity contribution < 1.29 is 33.3 Å². The smallest absolute Gasteiger partial charge is 0.351 e. The van der Waals surface area contributed by atoms with Gasteiger partial charge in [0.2, 0.25) is 0 Å². The lowest BCUT2D eigenvalue weighted by molar-refractivity contribution is -0.0614. The van der Waals surface area contributed by atoms with Crippen molar-refractivity contribution in [2.24, 2.45) is 17.3 Å². The minimum Gasteiger partial charge on any atom is -0.459 e. The Bertz CT molecular complexity index is 1340. The molecule has 11 nitrogen and oxygen atoms in total. The van der Waals surface area contributed by atoms with Gasteiger partial charge < -0.3 is 32.1 Å². The number of aliphatic hydroxyl groups is 1. The number of anilines is 1. The number of methoxy groups -OCH3 is 1. The number of allylic oxidation sites excluding steroid dienone is 1. The van der Waals surface area contributed by atoms with Gasteiger partial charge in [0, 0.05) is 18.9 Å². The van der Waals surface area contributed by atoms with Gasteiger partial charge in [-0.2, -0.15) is 14.0 Å². The van der Waals surface area contributed by atoms with E-state index in [1.165, 1.54) is 31.4 Å². The summed E-state index contributed by atoms with van der Waals surface area (Å²) in [5.74, 6) is 0.939. The van der Waals surface area contributed by atoms with E-state index in [4.69, 9.17) is 30.8 Å². The number of nitrogens with one attached hydrogen (secondary N) is 1. The zero-order valence-corrected chi connectivity index (χ0v) is 24.9. The third-order valence-electron chi connectivity index (χ3n) is 8.60. The summed E-state index contributed by atoms with van der Waals surface area (Å²) in [4.78, 5) is 39.8. The number of ether oxygens (including phenoxy) is 2. The lowest BCUT2D eigenvalue weighted by Gasteiger charge is -2.56. The number of hydrogen-bond acceptors (Lipinski definition) is 10. The number of aliphatic hydroxyl groups excluding tert-OH is 1. The van der Waals surface area contributed by atoms with Crippen molar-refractivity contribution >= 4 is 31.1 Å². The predicted octanol–water partition coefficient (Wildman–Crippen LogP) is 3.40. The van der Waals surface area contributed by atoms with E-state index in [-0.39, 0.29) is 19.0 Å². The second kappa shape index (κ2) is 12.2. The molecule has 13 heteroatoms. The number of fused-ring (bicyclic) bond motifs is 1. The Morgan fingerprint density at radius 3 is 2.68 bits per heavy atom. The van der Waals surface area contributed by atoms with Gasteiger partial charge in [-0.05, 0) is 54.7 Å². The Morgan fingerprint density at radius 2 is 2.02 bits per heavy atom. The van der Waals surface area contributed by atoms with Crippen LogP contribution in [0.3, 0.4) is 0 Å². The fraction of sp³-hybridized carbons (Fsp3) is 0.536. The van der Waals surface area contributed by atoms with Crippen LogP contribution in [0.4, 0.5) is 5.82 Å². The summed E-state index contributed by atoms with van der Waals surface area (Å²) in [6, 6.07) is 9.98. The zero-order valence-electron chi connectivity index (χ0n) is 23.2. The highest BCUT2D eigenvalue weighted by molar-refractivity contribution is 8.35. The number of benzene rings is 1. The molecule has 1 unspecified atom stereocenters. The molecular formula is C28H36N3O8PS. The Morgan fingerprint density at radius 1 is 1.27 bits per heavy atom. The molecule has 41 heavy (non-hydrogen) atoms. The van der Waals surface area contributed by atoms with E-state index in [9.17, 15) is 19.6 Å². The van der Waals surface area contributed by atoms with Crippen LogP contribution in [0.1, 0.15) is 49.7 Å². The van der Waals surface area contributed by atoms with E-state index < -0.39 is 43.3 Å². The highest BCUT2D eigenvalue weighted by Gasteiger charge is 2.51. The molecular weight excluding hydrogens is 569 g/mol. The van der Waals surface area contributed by atoms with Crippen LogP contribution in [0.5, 0.6) is 0 Å². The third-order valence-corrected chi connectivity index (χ3v) is 10.2. The van der Waals surface area contributed by atoms with E-state index in [2.05, 4.69) is 30.2 Å². The molecule has 1 aromatic heterocycles. The van der Waals surface area contributed by atoms with E-state index in [0.29, 0.717) is 23.3 Å². The van der Waals surface area contributed by atoms with Crippen molar-refractivity contribution in [2.45, 2.75) is 57.6 Å². The van der Waals surface area contributed by atoms with Crippen LogP contribution in [0.15, 0.2) is 59.0 Å². The van der Waals surface area contributed by atoms with Gasteiger partial charge in [0.05, 0.1) is 6.61 Å². The van der Waals surface area contributed by atoms with E-state index in [1.807, 2.05) is 0 Å². The molecule has 1 saturated carbocycles. The van der Waals surface area contributed by atoms with Gasteiger partial charge in [0.25, 0.3) is 13.1 Å². The summed E-state index contributed by atoms with van der Waals surface area (Å²) in [5, 5.41) is 13.4. The lowest BCUT2D eigenvalue weighted by Crippen LogP contribution is -2.48. The monoisotopic (exact) mass is 605 g/mol.